The number of aliphatic hydroxyl groups is 1. The monoisotopic (exact) mass is 202 g/mol. The van der Waals surface area contributed by atoms with Gasteiger partial charge in [-0.15, -0.1) is 0 Å². The van der Waals surface area contributed by atoms with Crippen LogP contribution in [0.5, 0.6) is 0 Å². The highest BCUT2D eigenvalue weighted by molar-refractivity contribution is 5.72. The minimum atomic E-state index is -0.567. The quantitative estimate of drug-likeness (QED) is 0.670. The normalized spacial score (nSPS) is 15.3. The van der Waals surface area contributed by atoms with Crippen molar-refractivity contribution in [1.29, 1.82) is 0 Å². The second kappa shape index (κ2) is 6.82. The van der Waals surface area contributed by atoms with Gasteiger partial charge >= 0.3 is 5.97 Å². The van der Waals surface area contributed by atoms with Crippen molar-refractivity contribution in [2.45, 2.75) is 46.1 Å². The van der Waals surface area contributed by atoms with Crippen molar-refractivity contribution in [3.05, 3.63) is 0 Å². The molecule has 0 spiro atoms. The highest BCUT2D eigenvalue weighted by Gasteiger charge is 2.30. The van der Waals surface area contributed by atoms with Crippen LogP contribution in [0.2, 0.25) is 0 Å². The average molecular weight is 202 g/mol. The number of hydrogen-bond acceptors (Lipinski definition) is 3. The molecular weight excluding hydrogens is 180 g/mol. The minimum Gasteiger partial charge on any atom is -0.469 e. The van der Waals surface area contributed by atoms with Crippen molar-refractivity contribution >= 4 is 5.97 Å². The Bertz CT molecular complexity index is 164. The Morgan fingerprint density at radius 1 is 1.21 bits per heavy atom. The topological polar surface area (TPSA) is 46.5 Å². The van der Waals surface area contributed by atoms with Gasteiger partial charge in [0.2, 0.25) is 0 Å². The Morgan fingerprint density at radius 2 is 1.71 bits per heavy atom. The van der Waals surface area contributed by atoms with Crippen LogP contribution >= 0.6 is 0 Å². The lowest BCUT2D eigenvalue weighted by Crippen LogP contribution is -2.34. The molecule has 2 atom stereocenters. The predicted molar refractivity (Wildman–Crippen MR) is 55.9 cm³/mol. The molecule has 1 N–H and O–H groups in total. The second-order valence-electron chi connectivity index (χ2n) is 3.61. The van der Waals surface area contributed by atoms with E-state index in [4.69, 9.17) is 0 Å². The van der Waals surface area contributed by atoms with E-state index in [1.165, 1.54) is 7.11 Å². The van der Waals surface area contributed by atoms with E-state index in [1.54, 1.807) is 0 Å². The van der Waals surface area contributed by atoms with E-state index in [-0.39, 0.29) is 17.8 Å². The molecule has 0 amide bonds. The third-order valence-corrected chi connectivity index (χ3v) is 2.89. The summed E-state index contributed by atoms with van der Waals surface area (Å²) in [5, 5.41) is 9.97. The third-order valence-electron chi connectivity index (χ3n) is 2.89. The minimum absolute atomic E-state index is 0.194. The Hall–Kier alpha value is -0.570. The SMILES string of the molecule is CCC(CC)C(O)C(CC)C(=O)OC. The summed E-state index contributed by atoms with van der Waals surface area (Å²) in [6.07, 6.45) is 1.85. The Morgan fingerprint density at radius 3 is 2.00 bits per heavy atom. The number of esters is 1. The van der Waals surface area contributed by atoms with Crippen LogP contribution in [0.15, 0.2) is 0 Å². The lowest BCUT2D eigenvalue weighted by Gasteiger charge is -2.25. The Balaban J connectivity index is 4.42. The van der Waals surface area contributed by atoms with E-state index < -0.39 is 6.10 Å². The Kier molecular flexibility index (Phi) is 6.54. The number of ether oxygens (including phenoxy) is 1. The summed E-state index contributed by atoms with van der Waals surface area (Å²) in [5.41, 5.74) is 0. The molecule has 0 rings (SSSR count). The maximum atomic E-state index is 11.3. The van der Waals surface area contributed by atoms with Crippen molar-refractivity contribution in [2.24, 2.45) is 11.8 Å². The molecule has 0 aliphatic rings. The Labute approximate surface area is 86.5 Å². The summed E-state index contributed by atoms with van der Waals surface area (Å²) in [7, 11) is 1.37. The molecule has 0 bridgehead atoms. The molecule has 0 aliphatic carbocycles. The predicted octanol–water partition coefficient (Wildman–Crippen LogP) is 1.98. The summed E-state index contributed by atoms with van der Waals surface area (Å²) < 4.78 is 4.66. The summed E-state index contributed by atoms with van der Waals surface area (Å²) in [6.45, 7) is 5.95. The lowest BCUT2D eigenvalue weighted by molar-refractivity contribution is -0.151. The van der Waals surface area contributed by atoms with Gasteiger partial charge in [-0.3, -0.25) is 4.79 Å². The van der Waals surface area contributed by atoms with E-state index in [0.29, 0.717) is 6.42 Å². The van der Waals surface area contributed by atoms with Gasteiger partial charge in [0, 0.05) is 0 Å². The van der Waals surface area contributed by atoms with Crippen molar-refractivity contribution in [3.63, 3.8) is 0 Å². The first-order valence-corrected chi connectivity index (χ1v) is 5.38. The molecule has 84 valence electrons. The molecule has 0 aromatic carbocycles. The highest BCUT2D eigenvalue weighted by atomic mass is 16.5. The molecule has 2 unspecified atom stereocenters. The first kappa shape index (κ1) is 13.4. The van der Waals surface area contributed by atoms with E-state index in [1.807, 2.05) is 20.8 Å². The van der Waals surface area contributed by atoms with Gasteiger partial charge in [-0.1, -0.05) is 33.6 Å². The summed E-state index contributed by atoms with van der Waals surface area (Å²) in [4.78, 5) is 11.3. The van der Waals surface area contributed by atoms with Crippen LogP contribution in [0.1, 0.15) is 40.0 Å². The van der Waals surface area contributed by atoms with Gasteiger partial charge < -0.3 is 9.84 Å². The van der Waals surface area contributed by atoms with E-state index >= 15 is 0 Å². The third kappa shape index (κ3) is 3.29. The zero-order valence-corrected chi connectivity index (χ0v) is 9.62. The zero-order valence-electron chi connectivity index (χ0n) is 9.62. The van der Waals surface area contributed by atoms with Crippen LogP contribution in [0.3, 0.4) is 0 Å². The summed E-state index contributed by atoms with van der Waals surface area (Å²) in [5.74, 6) is -0.476. The molecular formula is C11H22O3. The molecule has 3 nitrogen and oxygen atoms in total. The summed E-state index contributed by atoms with van der Waals surface area (Å²) >= 11 is 0. The van der Waals surface area contributed by atoms with Crippen LogP contribution in [0.25, 0.3) is 0 Å². The molecule has 0 fully saturated rings. The fourth-order valence-electron chi connectivity index (χ4n) is 1.80. The lowest BCUT2D eigenvalue weighted by atomic mass is 9.86. The van der Waals surface area contributed by atoms with Gasteiger partial charge in [-0.2, -0.15) is 0 Å². The maximum Gasteiger partial charge on any atom is 0.311 e. The van der Waals surface area contributed by atoms with Crippen LogP contribution in [-0.4, -0.2) is 24.3 Å². The van der Waals surface area contributed by atoms with Crippen molar-refractivity contribution in [2.75, 3.05) is 7.11 Å². The van der Waals surface area contributed by atoms with E-state index in [0.717, 1.165) is 12.8 Å². The first-order chi connectivity index (χ1) is 6.62. The smallest absolute Gasteiger partial charge is 0.311 e. The molecule has 14 heavy (non-hydrogen) atoms. The van der Waals surface area contributed by atoms with Gasteiger partial charge in [-0.25, -0.2) is 0 Å². The molecule has 0 radical (unpaired) electrons. The van der Waals surface area contributed by atoms with Crippen molar-refractivity contribution in [1.82, 2.24) is 0 Å². The van der Waals surface area contributed by atoms with Crippen LogP contribution in [-0.2, 0) is 9.53 Å². The largest absolute Gasteiger partial charge is 0.469 e. The van der Waals surface area contributed by atoms with Gasteiger partial charge in [0.1, 0.15) is 0 Å². The average Bonchev–Trinajstić information content (AvgIpc) is 2.20. The molecule has 0 aliphatic heterocycles. The molecule has 0 aromatic heterocycles. The fraction of sp³-hybridized carbons (Fsp3) is 0.909. The molecule has 0 aromatic rings. The van der Waals surface area contributed by atoms with Crippen LogP contribution < -0.4 is 0 Å². The van der Waals surface area contributed by atoms with E-state index in [9.17, 15) is 9.90 Å². The second-order valence-corrected chi connectivity index (χ2v) is 3.61. The van der Waals surface area contributed by atoms with Crippen molar-refractivity contribution < 1.29 is 14.6 Å². The molecule has 0 saturated heterocycles. The highest BCUT2D eigenvalue weighted by Crippen LogP contribution is 2.22. The number of rotatable bonds is 6. The maximum absolute atomic E-state index is 11.3. The fourth-order valence-corrected chi connectivity index (χ4v) is 1.80. The van der Waals surface area contributed by atoms with Crippen LogP contribution in [0.4, 0.5) is 0 Å². The van der Waals surface area contributed by atoms with Gasteiger partial charge in [0.15, 0.2) is 0 Å². The molecule has 3 heteroatoms. The number of hydrogen-bond donors (Lipinski definition) is 1. The number of carbonyl (C=O) groups is 1. The molecule has 0 heterocycles. The standard InChI is InChI=1S/C11H22O3/c1-5-8(6-2)10(12)9(7-3)11(13)14-4/h8-10,12H,5-7H2,1-4H3. The van der Waals surface area contributed by atoms with Crippen molar-refractivity contribution in [3.8, 4) is 0 Å². The first-order valence-electron chi connectivity index (χ1n) is 5.38. The number of carbonyl (C=O) groups excluding carboxylic acids is 1. The molecule has 0 saturated carbocycles. The zero-order chi connectivity index (χ0) is 11.1. The number of aliphatic hydroxyl groups excluding tert-OH is 1. The van der Waals surface area contributed by atoms with E-state index in [2.05, 4.69) is 4.74 Å². The van der Waals surface area contributed by atoms with Gasteiger partial charge in [0.25, 0.3) is 0 Å². The number of methoxy groups -OCH3 is 1. The summed E-state index contributed by atoms with van der Waals surface area (Å²) in [6, 6.07) is 0. The van der Waals surface area contributed by atoms with Crippen LogP contribution in [0, 0.1) is 11.8 Å². The van der Waals surface area contributed by atoms with Gasteiger partial charge in [0.05, 0.1) is 19.1 Å². The van der Waals surface area contributed by atoms with Gasteiger partial charge in [-0.05, 0) is 12.3 Å².